The normalized spacial score (nSPS) is 18.4. The van der Waals surface area contributed by atoms with Gasteiger partial charge < -0.3 is 19.3 Å². The van der Waals surface area contributed by atoms with Crippen molar-refractivity contribution in [3.05, 3.63) is 45.6 Å². The Balaban J connectivity index is 2.17. The summed E-state index contributed by atoms with van der Waals surface area (Å²) in [6, 6.07) is 7.05. The number of amides is 2. The summed E-state index contributed by atoms with van der Waals surface area (Å²) in [5, 5.41) is 1.97. The van der Waals surface area contributed by atoms with E-state index in [1.807, 2.05) is 24.6 Å². The van der Waals surface area contributed by atoms with Crippen molar-refractivity contribution in [2.45, 2.75) is 31.7 Å². The molecule has 156 valence electrons. The summed E-state index contributed by atoms with van der Waals surface area (Å²) in [7, 11) is 6.69. The Morgan fingerprint density at radius 2 is 1.93 bits per heavy atom. The van der Waals surface area contributed by atoms with E-state index in [4.69, 9.17) is 9.47 Å². The fourth-order valence-electron chi connectivity index (χ4n) is 3.87. The molecule has 0 bridgehead atoms. The van der Waals surface area contributed by atoms with Gasteiger partial charge in [0.05, 0.1) is 26.2 Å². The second-order valence-corrected chi connectivity index (χ2v) is 8.24. The molecule has 2 amide bonds. The maximum Gasteiger partial charge on any atom is 0.254 e. The van der Waals surface area contributed by atoms with Gasteiger partial charge in [-0.3, -0.25) is 9.59 Å². The van der Waals surface area contributed by atoms with E-state index >= 15 is 0 Å². The number of unbranched alkanes of at least 4 members (excludes halogenated alkanes) is 1. The third kappa shape index (κ3) is 3.83. The van der Waals surface area contributed by atoms with Gasteiger partial charge in [-0.15, -0.1) is 11.3 Å². The molecule has 2 unspecified atom stereocenters. The van der Waals surface area contributed by atoms with Crippen LogP contribution in [0.1, 0.15) is 52.5 Å². The molecule has 1 aromatic carbocycles. The largest absolute Gasteiger partial charge is 0.493 e. The molecule has 0 spiro atoms. The summed E-state index contributed by atoms with van der Waals surface area (Å²) in [6.45, 7) is 2.79. The molecule has 0 saturated heterocycles. The Labute approximate surface area is 176 Å². The molecule has 2 aromatic rings. The smallest absolute Gasteiger partial charge is 0.254 e. The van der Waals surface area contributed by atoms with E-state index in [0.29, 0.717) is 29.2 Å². The van der Waals surface area contributed by atoms with Crippen molar-refractivity contribution < 1.29 is 19.1 Å². The molecule has 2 atom stereocenters. The Morgan fingerprint density at radius 1 is 1.24 bits per heavy atom. The summed E-state index contributed by atoms with van der Waals surface area (Å²) in [6.07, 6.45) is 1.95. The van der Waals surface area contributed by atoms with E-state index in [-0.39, 0.29) is 17.9 Å². The summed E-state index contributed by atoms with van der Waals surface area (Å²) in [5.41, 5.74) is 1.18. The zero-order valence-electron chi connectivity index (χ0n) is 17.6. The molecule has 1 aliphatic rings. The Kier molecular flexibility index (Phi) is 6.47. The molecule has 0 N–H and O–H groups in total. The first kappa shape index (κ1) is 21.2. The number of benzene rings is 1. The molecule has 0 fully saturated rings. The van der Waals surface area contributed by atoms with Gasteiger partial charge in [-0.1, -0.05) is 19.4 Å². The SMILES string of the molecule is CCCCN(C)C(=O)C1c2cc(OC)c(OC)cc2C(=O)N(C)C1c1cccs1. The maximum absolute atomic E-state index is 13.6. The fraction of sp³-hybridized carbons (Fsp3) is 0.455. The van der Waals surface area contributed by atoms with Crippen LogP contribution < -0.4 is 9.47 Å². The van der Waals surface area contributed by atoms with Crippen LogP contribution >= 0.6 is 11.3 Å². The van der Waals surface area contributed by atoms with Crippen LogP contribution in [0.4, 0.5) is 0 Å². The lowest BCUT2D eigenvalue weighted by atomic mass is 9.81. The Bertz CT molecular complexity index is 881. The first-order chi connectivity index (χ1) is 13.9. The van der Waals surface area contributed by atoms with E-state index in [0.717, 1.165) is 17.7 Å². The highest BCUT2D eigenvalue weighted by Crippen LogP contribution is 2.47. The third-order valence-electron chi connectivity index (χ3n) is 5.50. The van der Waals surface area contributed by atoms with Crippen molar-refractivity contribution in [2.75, 3.05) is 34.9 Å². The minimum Gasteiger partial charge on any atom is -0.493 e. The van der Waals surface area contributed by atoms with Crippen molar-refractivity contribution in [1.29, 1.82) is 0 Å². The van der Waals surface area contributed by atoms with Crippen LogP contribution in [-0.2, 0) is 4.79 Å². The molecule has 0 aliphatic carbocycles. The van der Waals surface area contributed by atoms with Gasteiger partial charge in [0.15, 0.2) is 11.5 Å². The second kappa shape index (κ2) is 8.86. The predicted molar refractivity (Wildman–Crippen MR) is 114 cm³/mol. The molecule has 7 heteroatoms. The van der Waals surface area contributed by atoms with Gasteiger partial charge in [0.2, 0.25) is 5.91 Å². The van der Waals surface area contributed by atoms with E-state index in [1.165, 1.54) is 7.11 Å². The number of fused-ring (bicyclic) bond motifs is 1. The highest BCUT2D eigenvalue weighted by Gasteiger charge is 2.44. The zero-order valence-corrected chi connectivity index (χ0v) is 18.4. The number of thiophene rings is 1. The van der Waals surface area contributed by atoms with E-state index in [2.05, 4.69) is 6.92 Å². The lowest BCUT2D eigenvalue weighted by molar-refractivity contribution is -0.133. The lowest BCUT2D eigenvalue weighted by Crippen LogP contribution is -2.46. The van der Waals surface area contributed by atoms with Crippen molar-refractivity contribution >= 4 is 23.2 Å². The summed E-state index contributed by atoms with van der Waals surface area (Å²) in [5.74, 6) is 0.368. The summed E-state index contributed by atoms with van der Waals surface area (Å²) in [4.78, 5) is 31.3. The Morgan fingerprint density at radius 3 is 2.52 bits per heavy atom. The van der Waals surface area contributed by atoms with Crippen LogP contribution in [0.5, 0.6) is 11.5 Å². The minimum atomic E-state index is -0.506. The van der Waals surface area contributed by atoms with Crippen molar-refractivity contribution in [1.82, 2.24) is 9.80 Å². The van der Waals surface area contributed by atoms with Gasteiger partial charge in [0, 0.05) is 31.1 Å². The maximum atomic E-state index is 13.6. The average Bonchev–Trinajstić information content (AvgIpc) is 3.27. The van der Waals surface area contributed by atoms with Crippen LogP contribution in [-0.4, -0.2) is 56.5 Å². The molecule has 0 saturated carbocycles. The van der Waals surface area contributed by atoms with Gasteiger partial charge in [-0.05, 0) is 35.6 Å². The third-order valence-corrected chi connectivity index (χ3v) is 6.44. The molecule has 6 nitrogen and oxygen atoms in total. The molecule has 0 radical (unpaired) electrons. The van der Waals surface area contributed by atoms with Crippen molar-refractivity contribution in [3.8, 4) is 11.5 Å². The molecule has 1 aromatic heterocycles. The highest BCUT2D eigenvalue weighted by atomic mass is 32.1. The van der Waals surface area contributed by atoms with E-state index in [1.54, 1.807) is 47.4 Å². The fourth-order valence-corrected chi connectivity index (χ4v) is 4.78. The van der Waals surface area contributed by atoms with Crippen LogP contribution in [0, 0.1) is 0 Å². The topological polar surface area (TPSA) is 59.1 Å². The zero-order chi connectivity index (χ0) is 21.1. The number of ether oxygens (including phenoxy) is 2. The minimum absolute atomic E-state index is 0.00432. The highest BCUT2D eigenvalue weighted by molar-refractivity contribution is 7.10. The van der Waals surface area contributed by atoms with Gasteiger partial charge in [-0.25, -0.2) is 0 Å². The number of rotatable bonds is 7. The predicted octanol–water partition coefficient (Wildman–Crippen LogP) is 3.93. The first-order valence-electron chi connectivity index (χ1n) is 9.76. The number of nitrogens with zero attached hydrogens (tertiary/aromatic N) is 2. The number of methoxy groups -OCH3 is 2. The molecular weight excluding hydrogens is 388 g/mol. The number of hydrogen-bond donors (Lipinski definition) is 0. The second-order valence-electron chi connectivity index (χ2n) is 7.26. The van der Waals surface area contributed by atoms with E-state index in [9.17, 15) is 9.59 Å². The lowest BCUT2D eigenvalue weighted by Gasteiger charge is -2.40. The molecule has 1 aliphatic heterocycles. The molecule has 3 rings (SSSR count). The molecular formula is C22H28N2O4S. The quantitative estimate of drug-likeness (QED) is 0.686. The average molecular weight is 417 g/mol. The van der Waals surface area contributed by atoms with Crippen molar-refractivity contribution in [3.63, 3.8) is 0 Å². The summed E-state index contributed by atoms with van der Waals surface area (Å²) >= 11 is 1.56. The Hall–Kier alpha value is -2.54. The molecule has 2 heterocycles. The van der Waals surface area contributed by atoms with E-state index < -0.39 is 5.92 Å². The first-order valence-corrected chi connectivity index (χ1v) is 10.6. The van der Waals surface area contributed by atoms with Gasteiger partial charge in [-0.2, -0.15) is 0 Å². The van der Waals surface area contributed by atoms with Crippen LogP contribution in [0.25, 0.3) is 0 Å². The number of hydrogen-bond acceptors (Lipinski definition) is 5. The van der Waals surface area contributed by atoms with Crippen LogP contribution in [0.15, 0.2) is 29.6 Å². The standard InChI is InChI=1S/C22H28N2O4S/c1-6-7-10-23(2)22(26)19-14-12-16(27-4)17(28-5)13-15(14)21(25)24(3)20(19)18-9-8-11-29-18/h8-9,11-13,19-20H,6-7,10H2,1-5H3. The monoisotopic (exact) mass is 416 g/mol. The number of carbonyl (C=O) groups excluding carboxylic acids is 2. The van der Waals surface area contributed by atoms with Gasteiger partial charge in [0.25, 0.3) is 5.91 Å². The molecule has 29 heavy (non-hydrogen) atoms. The summed E-state index contributed by atoms with van der Waals surface area (Å²) < 4.78 is 10.9. The van der Waals surface area contributed by atoms with Crippen LogP contribution in [0.2, 0.25) is 0 Å². The van der Waals surface area contributed by atoms with Crippen molar-refractivity contribution in [2.24, 2.45) is 0 Å². The van der Waals surface area contributed by atoms with Gasteiger partial charge in [0.1, 0.15) is 0 Å². The number of carbonyl (C=O) groups is 2. The van der Waals surface area contributed by atoms with Crippen LogP contribution in [0.3, 0.4) is 0 Å². The number of likely N-dealkylation sites (N-methyl/N-ethyl adjacent to an activating group) is 2. The van der Waals surface area contributed by atoms with Gasteiger partial charge >= 0.3 is 0 Å².